The van der Waals surface area contributed by atoms with Gasteiger partial charge in [0.1, 0.15) is 0 Å². The van der Waals surface area contributed by atoms with Gasteiger partial charge in [0, 0.05) is 36.4 Å². The Labute approximate surface area is 127 Å². The van der Waals surface area contributed by atoms with Crippen LogP contribution in [0.15, 0.2) is 28.7 Å². The fourth-order valence-corrected chi connectivity index (χ4v) is 2.82. The van der Waals surface area contributed by atoms with Crippen molar-refractivity contribution in [2.75, 3.05) is 25.1 Å². The van der Waals surface area contributed by atoms with E-state index in [4.69, 9.17) is 9.84 Å². The highest BCUT2D eigenvalue weighted by molar-refractivity contribution is 9.10. The van der Waals surface area contributed by atoms with E-state index in [1.807, 2.05) is 18.2 Å². The van der Waals surface area contributed by atoms with Crippen LogP contribution in [0, 0.1) is 0 Å². The summed E-state index contributed by atoms with van der Waals surface area (Å²) in [4.78, 5) is 13.0. The summed E-state index contributed by atoms with van der Waals surface area (Å²) in [5.74, 6) is -0.936. The molecule has 0 unspecified atom stereocenters. The summed E-state index contributed by atoms with van der Waals surface area (Å²) < 4.78 is 6.32. The lowest BCUT2D eigenvalue weighted by atomic mass is 10.0. The SMILES string of the molecule is COC1CCN(c2ccc(Br)cc2/C=C/C(=O)O)CC1. The Balaban J connectivity index is 2.20. The molecule has 0 atom stereocenters. The van der Waals surface area contributed by atoms with Crippen LogP contribution in [0.5, 0.6) is 0 Å². The molecule has 0 amide bonds. The summed E-state index contributed by atoms with van der Waals surface area (Å²) in [5, 5.41) is 8.78. The van der Waals surface area contributed by atoms with E-state index in [1.165, 1.54) is 6.08 Å². The molecule has 1 aromatic carbocycles. The average Bonchev–Trinajstić information content (AvgIpc) is 2.45. The van der Waals surface area contributed by atoms with Crippen LogP contribution >= 0.6 is 15.9 Å². The van der Waals surface area contributed by atoms with E-state index in [0.29, 0.717) is 6.10 Å². The van der Waals surface area contributed by atoms with Gasteiger partial charge in [-0.3, -0.25) is 0 Å². The number of aliphatic carboxylic acids is 1. The van der Waals surface area contributed by atoms with Gasteiger partial charge in [-0.05, 0) is 42.7 Å². The molecule has 108 valence electrons. The maximum Gasteiger partial charge on any atom is 0.328 e. The van der Waals surface area contributed by atoms with Crippen LogP contribution < -0.4 is 4.90 Å². The number of hydrogen-bond acceptors (Lipinski definition) is 3. The average molecular weight is 340 g/mol. The highest BCUT2D eigenvalue weighted by Gasteiger charge is 2.20. The Hall–Kier alpha value is -1.33. The number of piperidine rings is 1. The molecule has 5 heteroatoms. The van der Waals surface area contributed by atoms with Gasteiger partial charge in [-0.25, -0.2) is 4.79 Å². The fraction of sp³-hybridized carbons (Fsp3) is 0.400. The number of anilines is 1. The van der Waals surface area contributed by atoms with Crippen LogP contribution in [0.4, 0.5) is 5.69 Å². The first kappa shape index (κ1) is 15.1. The van der Waals surface area contributed by atoms with Crippen molar-refractivity contribution in [3.05, 3.63) is 34.3 Å². The third kappa shape index (κ3) is 3.84. The molecule has 1 saturated heterocycles. The third-order valence-electron chi connectivity index (χ3n) is 3.51. The van der Waals surface area contributed by atoms with Crippen LogP contribution in [0.1, 0.15) is 18.4 Å². The van der Waals surface area contributed by atoms with Gasteiger partial charge in [-0.1, -0.05) is 15.9 Å². The number of carboxylic acid groups (broad SMARTS) is 1. The van der Waals surface area contributed by atoms with Crippen LogP contribution in [0.2, 0.25) is 0 Å². The molecular weight excluding hydrogens is 322 g/mol. The topological polar surface area (TPSA) is 49.8 Å². The molecule has 0 bridgehead atoms. The van der Waals surface area contributed by atoms with Crippen molar-refractivity contribution in [1.29, 1.82) is 0 Å². The summed E-state index contributed by atoms with van der Waals surface area (Å²) in [5.41, 5.74) is 1.98. The molecule has 0 radical (unpaired) electrons. The van der Waals surface area contributed by atoms with E-state index in [1.54, 1.807) is 13.2 Å². The largest absolute Gasteiger partial charge is 0.478 e. The lowest BCUT2D eigenvalue weighted by Crippen LogP contribution is -2.36. The zero-order valence-corrected chi connectivity index (χ0v) is 13.0. The minimum absolute atomic E-state index is 0.333. The number of ether oxygens (including phenoxy) is 1. The van der Waals surface area contributed by atoms with E-state index < -0.39 is 5.97 Å². The molecule has 0 spiro atoms. The Bertz CT molecular complexity index is 508. The number of rotatable bonds is 4. The first-order valence-corrected chi connectivity index (χ1v) is 7.37. The zero-order valence-electron chi connectivity index (χ0n) is 11.4. The molecule has 1 aromatic rings. The smallest absolute Gasteiger partial charge is 0.328 e. The maximum atomic E-state index is 10.7. The van der Waals surface area contributed by atoms with E-state index in [9.17, 15) is 4.79 Å². The normalized spacial score (nSPS) is 16.8. The number of benzene rings is 1. The number of carbonyl (C=O) groups is 1. The van der Waals surface area contributed by atoms with Crippen molar-refractivity contribution < 1.29 is 14.6 Å². The molecule has 20 heavy (non-hydrogen) atoms. The summed E-state index contributed by atoms with van der Waals surface area (Å²) in [6, 6.07) is 5.95. The Morgan fingerprint density at radius 3 is 2.75 bits per heavy atom. The number of nitrogens with zero attached hydrogens (tertiary/aromatic N) is 1. The van der Waals surface area contributed by atoms with Gasteiger partial charge in [0.15, 0.2) is 0 Å². The lowest BCUT2D eigenvalue weighted by Gasteiger charge is -2.34. The molecule has 1 heterocycles. The summed E-state index contributed by atoms with van der Waals surface area (Å²) in [6.45, 7) is 1.85. The minimum Gasteiger partial charge on any atom is -0.478 e. The van der Waals surface area contributed by atoms with E-state index >= 15 is 0 Å². The lowest BCUT2D eigenvalue weighted by molar-refractivity contribution is -0.131. The van der Waals surface area contributed by atoms with Crippen molar-refractivity contribution in [1.82, 2.24) is 0 Å². The van der Waals surface area contributed by atoms with Gasteiger partial charge in [0.2, 0.25) is 0 Å². The van der Waals surface area contributed by atoms with Gasteiger partial charge in [0.05, 0.1) is 6.10 Å². The first-order chi connectivity index (χ1) is 9.60. The zero-order chi connectivity index (χ0) is 14.5. The summed E-state index contributed by atoms with van der Waals surface area (Å²) in [6.07, 6.45) is 5.14. The summed E-state index contributed by atoms with van der Waals surface area (Å²) >= 11 is 3.43. The van der Waals surface area contributed by atoms with Crippen molar-refractivity contribution in [2.45, 2.75) is 18.9 Å². The monoisotopic (exact) mass is 339 g/mol. The Morgan fingerprint density at radius 1 is 1.45 bits per heavy atom. The number of hydrogen-bond donors (Lipinski definition) is 1. The second-order valence-corrected chi connectivity index (χ2v) is 5.71. The predicted molar refractivity (Wildman–Crippen MR) is 83.1 cm³/mol. The van der Waals surface area contributed by atoms with Crippen LogP contribution in [-0.4, -0.2) is 37.4 Å². The Morgan fingerprint density at radius 2 is 2.15 bits per heavy atom. The number of methoxy groups -OCH3 is 1. The maximum absolute atomic E-state index is 10.7. The fourth-order valence-electron chi connectivity index (χ4n) is 2.44. The van der Waals surface area contributed by atoms with E-state index in [-0.39, 0.29) is 0 Å². The highest BCUT2D eigenvalue weighted by atomic mass is 79.9. The molecule has 1 aliphatic heterocycles. The molecule has 1 N–H and O–H groups in total. The standard InChI is InChI=1S/C15H18BrNO3/c1-20-13-6-8-17(9-7-13)14-4-3-12(16)10-11(14)2-5-15(18)19/h2-5,10,13H,6-9H2,1H3,(H,18,19)/b5-2+. The Kier molecular flexibility index (Phi) is 5.20. The van der Waals surface area contributed by atoms with Crippen molar-refractivity contribution >= 4 is 33.7 Å². The van der Waals surface area contributed by atoms with Crippen LogP contribution in [0.3, 0.4) is 0 Å². The van der Waals surface area contributed by atoms with Gasteiger partial charge in [-0.2, -0.15) is 0 Å². The van der Waals surface area contributed by atoms with E-state index in [2.05, 4.69) is 20.8 Å². The molecule has 0 aromatic heterocycles. The minimum atomic E-state index is -0.936. The van der Waals surface area contributed by atoms with Crippen LogP contribution in [-0.2, 0) is 9.53 Å². The van der Waals surface area contributed by atoms with Gasteiger partial charge >= 0.3 is 5.97 Å². The molecule has 0 aliphatic carbocycles. The predicted octanol–water partition coefficient (Wildman–Crippen LogP) is 3.16. The first-order valence-electron chi connectivity index (χ1n) is 6.58. The van der Waals surface area contributed by atoms with Crippen molar-refractivity contribution in [3.8, 4) is 0 Å². The molecule has 4 nitrogen and oxygen atoms in total. The molecule has 0 saturated carbocycles. The molecule has 2 rings (SSSR count). The van der Waals surface area contributed by atoms with Gasteiger partial charge < -0.3 is 14.7 Å². The number of carboxylic acids is 1. The van der Waals surface area contributed by atoms with Gasteiger partial charge in [-0.15, -0.1) is 0 Å². The number of halogens is 1. The molecule has 1 aliphatic rings. The van der Waals surface area contributed by atoms with E-state index in [0.717, 1.165) is 41.7 Å². The summed E-state index contributed by atoms with van der Waals surface area (Å²) in [7, 11) is 1.75. The quantitative estimate of drug-likeness (QED) is 0.856. The molecular formula is C15H18BrNO3. The second-order valence-electron chi connectivity index (χ2n) is 4.80. The van der Waals surface area contributed by atoms with Crippen LogP contribution in [0.25, 0.3) is 6.08 Å². The van der Waals surface area contributed by atoms with Crippen molar-refractivity contribution in [3.63, 3.8) is 0 Å². The van der Waals surface area contributed by atoms with Gasteiger partial charge in [0.25, 0.3) is 0 Å². The highest BCUT2D eigenvalue weighted by Crippen LogP contribution is 2.28. The van der Waals surface area contributed by atoms with Crippen molar-refractivity contribution in [2.24, 2.45) is 0 Å². The molecule has 1 fully saturated rings. The third-order valence-corrected chi connectivity index (χ3v) is 4.00. The second kappa shape index (κ2) is 6.90.